The summed E-state index contributed by atoms with van der Waals surface area (Å²) in [4.78, 5) is 0. The lowest BCUT2D eigenvalue weighted by atomic mass is 9.66. The van der Waals surface area contributed by atoms with Gasteiger partial charge < -0.3 is 13.9 Å². The Balaban J connectivity index is 2.08. The lowest BCUT2D eigenvalue weighted by molar-refractivity contribution is -0.0827. The zero-order chi connectivity index (χ0) is 17.2. The summed E-state index contributed by atoms with van der Waals surface area (Å²) < 4.78 is 18.5. The standard InChI is InChI=1S/C18H34O3Si/c1-13(21-22(9,10)15(2,3)4)19-17(7)11-16(5,6)12-18(8)14(17)20-18/h14H,1,11-12H2,2-10H3/t14?,17-,18+/m0/s1. The van der Waals surface area contributed by atoms with Gasteiger partial charge in [0.2, 0.25) is 0 Å². The van der Waals surface area contributed by atoms with E-state index in [4.69, 9.17) is 13.9 Å². The van der Waals surface area contributed by atoms with E-state index in [1.54, 1.807) is 0 Å². The van der Waals surface area contributed by atoms with E-state index in [0.717, 1.165) is 12.8 Å². The van der Waals surface area contributed by atoms with Gasteiger partial charge in [-0.15, -0.1) is 0 Å². The van der Waals surface area contributed by atoms with Crippen molar-refractivity contribution in [2.75, 3.05) is 0 Å². The molecule has 128 valence electrons. The second-order valence-electron chi connectivity index (χ2n) is 9.98. The zero-order valence-electron chi connectivity index (χ0n) is 15.9. The highest BCUT2D eigenvalue weighted by Gasteiger charge is 2.68. The Bertz CT molecular complexity index is 474. The Morgan fingerprint density at radius 1 is 1.14 bits per heavy atom. The molecule has 0 aromatic carbocycles. The van der Waals surface area contributed by atoms with Crippen molar-refractivity contribution in [3.05, 3.63) is 12.5 Å². The SMILES string of the molecule is C=C(O[C@@]1(C)CC(C)(C)C[C@@]2(C)OC21)O[Si](C)(C)C(C)(C)C. The normalized spacial score (nSPS) is 37.2. The molecule has 1 saturated carbocycles. The molecule has 3 atom stereocenters. The van der Waals surface area contributed by atoms with Gasteiger partial charge in [-0.2, -0.15) is 0 Å². The van der Waals surface area contributed by atoms with Crippen LogP contribution >= 0.6 is 0 Å². The van der Waals surface area contributed by atoms with Gasteiger partial charge in [0.05, 0.1) is 5.60 Å². The number of hydrogen-bond donors (Lipinski definition) is 0. The molecule has 2 rings (SSSR count). The first kappa shape index (κ1) is 17.9. The molecule has 0 aromatic heterocycles. The molecule has 1 heterocycles. The Hall–Kier alpha value is -0.483. The molecule has 3 nitrogen and oxygen atoms in total. The predicted octanol–water partition coefficient (Wildman–Crippen LogP) is 5.23. The molecule has 0 radical (unpaired) electrons. The Morgan fingerprint density at radius 3 is 2.18 bits per heavy atom. The predicted molar refractivity (Wildman–Crippen MR) is 93.2 cm³/mol. The molecule has 1 aliphatic heterocycles. The summed E-state index contributed by atoms with van der Waals surface area (Å²) in [5.41, 5.74) is -0.197. The average molecular weight is 327 g/mol. The van der Waals surface area contributed by atoms with Crippen molar-refractivity contribution in [3.63, 3.8) is 0 Å². The first-order chi connectivity index (χ1) is 9.60. The highest BCUT2D eigenvalue weighted by molar-refractivity contribution is 6.74. The fraction of sp³-hybridized carbons (Fsp3) is 0.889. The summed E-state index contributed by atoms with van der Waals surface area (Å²) >= 11 is 0. The lowest BCUT2D eigenvalue weighted by Gasteiger charge is -2.44. The second-order valence-corrected chi connectivity index (χ2v) is 14.7. The maximum Gasteiger partial charge on any atom is 0.258 e. The van der Waals surface area contributed by atoms with Crippen LogP contribution < -0.4 is 0 Å². The van der Waals surface area contributed by atoms with E-state index in [9.17, 15) is 0 Å². The Kier molecular flexibility index (Phi) is 3.87. The van der Waals surface area contributed by atoms with Crippen molar-refractivity contribution in [1.29, 1.82) is 0 Å². The number of ether oxygens (including phenoxy) is 2. The van der Waals surface area contributed by atoms with E-state index in [-0.39, 0.29) is 27.8 Å². The number of epoxide rings is 1. The lowest BCUT2D eigenvalue weighted by Crippen LogP contribution is -2.49. The van der Waals surface area contributed by atoms with E-state index in [2.05, 4.69) is 68.1 Å². The third-order valence-corrected chi connectivity index (χ3v) is 9.97. The topological polar surface area (TPSA) is 31.0 Å². The number of fused-ring (bicyclic) bond motifs is 1. The maximum absolute atomic E-state index is 6.26. The van der Waals surface area contributed by atoms with Crippen LogP contribution in [-0.2, 0) is 13.9 Å². The van der Waals surface area contributed by atoms with Crippen molar-refractivity contribution in [2.45, 2.75) is 96.7 Å². The molecule has 4 heteroatoms. The molecule has 1 unspecified atom stereocenters. The van der Waals surface area contributed by atoms with Crippen molar-refractivity contribution in [1.82, 2.24) is 0 Å². The minimum absolute atomic E-state index is 0.0479. The van der Waals surface area contributed by atoms with Gasteiger partial charge in [-0.05, 0) is 56.8 Å². The smallest absolute Gasteiger partial charge is 0.258 e. The van der Waals surface area contributed by atoms with Crippen LogP contribution in [-0.4, -0.2) is 25.6 Å². The van der Waals surface area contributed by atoms with E-state index in [1.807, 2.05) is 0 Å². The second kappa shape index (κ2) is 4.76. The van der Waals surface area contributed by atoms with Gasteiger partial charge >= 0.3 is 0 Å². The van der Waals surface area contributed by atoms with E-state index in [1.165, 1.54) is 0 Å². The van der Waals surface area contributed by atoms with Crippen LogP contribution in [0.5, 0.6) is 0 Å². The van der Waals surface area contributed by atoms with Gasteiger partial charge in [0.15, 0.2) is 0 Å². The fourth-order valence-electron chi connectivity index (χ4n) is 4.00. The largest absolute Gasteiger partial charge is 0.519 e. The van der Waals surface area contributed by atoms with Gasteiger partial charge in [-0.3, -0.25) is 0 Å². The molecule has 0 spiro atoms. The summed E-state index contributed by atoms with van der Waals surface area (Å²) in [6, 6.07) is 0. The quantitative estimate of drug-likeness (QED) is 0.402. The first-order valence-corrected chi connectivity index (χ1v) is 11.3. The van der Waals surface area contributed by atoms with Crippen LogP contribution in [0.15, 0.2) is 12.5 Å². The zero-order valence-corrected chi connectivity index (χ0v) is 16.9. The van der Waals surface area contributed by atoms with Crippen LogP contribution in [0.3, 0.4) is 0 Å². The Labute approximate surface area is 137 Å². The molecule has 0 bridgehead atoms. The summed E-state index contributed by atoms with van der Waals surface area (Å²) in [5, 5.41) is 0.136. The molecular formula is C18H34O3Si. The molecule has 0 amide bonds. The summed E-state index contributed by atoms with van der Waals surface area (Å²) in [7, 11) is -1.91. The van der Waals surface area contributed by atoms with Crippen LogP contribution in [0, 0.1) is 5.41 Å². The molecule has 0 aromatic rings. The molecule has 0 N–H and O–H groups in total. The molecule has 2 aliphatic rings. The van der Waals surface area contributed by atoms with Crippen LogP contribution in [0.1, 0.15) is 61.3 Å². The Morgan fingerprint density at radius 2 is 1.68 bits per heavy atom. The van der Waals surface area contributed by atoms with Crippen molar-refractivity contribution >= 4 is 8.32 Å². The van der Waals surface area contributed by atoms with E-state index in [0.29, 0.717) is 5.95 Å². The molecule has 1 saturated heterocycles. The van der Waals surface area contributed by atoms with Gasteiger partial charge in [-0.1, -0.05) is 34.6 Å². The molecule has 1 aliphatic carbocycles. The summed E-state index contributed by atoms with van der Waals surface area (Å²) in [6.07, 6.45) is 2.19. The van der Waals surface area contributed by atoms with E-state index >= 15 is 0 Å². The highest BCUT2D eigenvalue weighted by Crippen LogP contribution is 2.59. The molecule has 22 heavy (non-hydrogen) atoms. The van der Waals surface area contributed by atoms with Crippen molar-refractivity contribution in [3.8, 4) is 0 Å². The number of rotatable bonds is 4. The minimum Gasteiger partial charge on any atom is -0.519 e. The van der Waals surface area contributed by atoms with Gasteiger partial charge in [-0.25, -0.2) is 0 Å². The molecular weight excluding hydrogens is 292 g/mol. The number of hydrogen-bond acceptors (Lipinski definition) is 3. The van der Waals surface area contributed by atoms with E-state index < -0.39 is 8.32 Å². The first-order valence-electron chi connectivity index (χ1n) is 8.35. The monoisotopic (exact) mass is 326 g/mol. The van der Waals surface area contributed by atoms with Crippen LogP contribution in [0.25, 0.3) is 0 Å². The minimum atomic E-state index is -1.91. The summed E-state index contributed by atoms with van der Waals surface area (Å²) in [6.45, 7) is 24.1. The van der Waals surface area contributed by atoms with Crippen molar-refractivity contribution in [2.24, 2.45) is 5.41 Å². The van der Waals surface area contributed by atoms with Gasteiger partial charge in [0.25, 0.3) is 14.3 Å². The summed E-state index contributed by atoms with van der Waals surface area (Å²) in [5.74, 6) is 0.463. The third-order valence-electron chi connectivity index (χ3n) is 5.62. The average Bonchev–Trinajstić information content (AvgIpc) is 2.84. The molecule has 2 fully saturated rings. The van der Waals surface area contributed by atoms with Gasteiger partial charge in [0.1, 0.15) is 11.7 Å². The van der Waals surface area contributed by atoms with Gasteiger partial charge in [0, 0.05) is 0 Å². The van der Waals surface area contributed by atoms with Crippen molar-refractivity contribution < 1.29 is 13.9 Å². The third kappa shape index (κ3) is 3.23. The maximum atomic E-state index is 6.26. The van der Waals surface area contributed by atoms with Crippen LogP contribution in [0.2, 0.25) is 18.1 Å². The highest BCUT2D eigenvalue weighted by atomic mass is 28.4. The fourth-order valence-corrected chi connectivity index (χ4v) is 4.92. The van der Waals surface area contributed by atoms with Crippen LogP contribution in [0.4, 0.5) is 0 Å².